The maximum atomic E-state index is 13.2. The summed E-state index contributed by atoms with van der Waals surface area (Å²) in [6, 6.07) is 11.1. The fourth-order valence-electron chi connectivity index (χ4n) is 2.36. The molecule has 1 N–H and O–H groups in total. The Morgan fingerprint density at radius 2 is 2.00 bits per heavy atom. The van der Waals surface area contributed by atoms with Crippen LogP contribution < -0.4 is 14.8 Å². The zero-order chi connectivity index (χ0) is 17.2. The van der Waals surface area contributed by atoms with Gasteiger partial charge in [-0.05, 0) is 35.9 Å². The number of hydrogen-bond acceptors (Lipinski definition) is 6. The number of ether oxygens (including phenoxy) is 2. The second-order valence-corrected chi connectivity index (χ2v) is 5.29. The molecule has 126 valence electrons. The molecule has 1 aromatic heterocycles. The Bertz CT molecular complexity index is 941. The molecule has 4 rings (SSSR count). The fourth-order valence-corrected chi connectivity index (χ4v) is 2.36. The molecule has 0 saturated carbocycles. The predicted octanol–water partition coefficient (Wildman–Crippen LogP) is 2.53. The lowest BCUT2D eigenvalue weighted by molar-refractivity contribution is 0.0916. The molecule has 7 nitrogen and oxygen atoms in total. The summed E-state index contributed by atoms with van der Waals surface area (Å²) in [7, 11) is 0. The van der Waals surface area contributed by atoms with Crippen molar-refractivity contribution in [3.8, 4) is 23.0 Å². The number of nitrogens with one attached hydrogen (secondary N) is 1. The van der Waals surface area contributed by atoms with Crippen molar-refractivity contribution in [3.05, 3.63) is 59.7 Å². The third-order valence-electron chi connectivity index (χ3n) is 3.58. The normalized spacial score (nSPS) is 12.2. The van der Waals surface area contributed by atoms with Crippen LogP contribution in [0.3, 0.4) is 0 Å². The highest BCUT2D eigenvalue weighted by molar-refractivity contribution is 5.89. The van der Waals surface area contributed by atoms with Crippen molar-refractivity contribution in [3.63, 3.8) is 0 Å². The van der Waals surface area contributed by atoms with Gasteiger partial charge in [-0.25, -0.2) is 4.39 Å². The van der Waals surface area contributed by atoms with Gasteiger partial charge in [0.25, 0.3) is 0 Å². The Hall–Kier alpha value is -3.42. The van der Waals surface area contributed by atoms with Gasteiger partial charge in [0.05, 0.1) is 0 Å². The van der Waals surface area contributed by atoms with Gasteiger partial charge in [-0.3, -0.25) is 4.79 Å². The average molecular weight is 341 g/mol. The molecule has 0 aliphatic carbocycles. The molecule has 0 fully saturated rings. The molecule has 0 unspecified atom stereocenters. The topological polar surface area (TPSA) is 86.5 Å². The van der Waals surface area contributed by atoms with E-state index < -0.39 is 11.7 Å². The lowest BCUT2D eigenvalue weighted by atomic mass is 10.2. The summed E-state index contributed by atoms with van der Waals surface area (Å²) in [6.07, 6.45) is 0. The number of benzene rings is 2. The van der Waals surface area contributed by atoms with Crippen molar-refractivity contribution in [1.29, 1.82) is 0 Å². The van der Waals surface area contributed by atoms with Crippen LogP contribution in [0.4, 0.5) is 4.39 Å². The van der Waals surface area contributed by atoms with Crippen LogP contribution in [0.2, 0.25) is 0 Å². The summed E-state index contributed by atoms with van der Waals surface area (Å²) in [5.41, 5.74) is 1.24. The van der Waals surface area contributed by atoms with Crippen LogP contribution in [-0.4, -0.2) is 22.9 Å². The molecule has 1 aliphatic heterocycles. The number of nitrogens with zero attached hydrogens (tertiary/aromatic N) is 2. The molecule has 1 amide bonds. The standard InChI is InChI=1S/C17H12FN3O4/c18-12-3-1-2-11(7-12)16-20-21-17(25-16)15(22)19-8-10-4-5-13-14(6-10)24-9-23-13/h1-7H,8-9H2,(H,19,22). The van der Waals surface area contributed by atoms with Gasteiger partial charge in [-0.1, -0.05) is 12.1 Å². The minimum absolute atomic E-state index is 0.0766. The second kappa shape index (κ2) is 6.23. The van der Waals surface area contributed by atoms with E-state index in [0.29, 0.717) is 17.1 Å². The van der Waals surface area contributed by atoms with E-state index in [2.05, 4.69) is 15.5 Å². The Kier molecular flexibility index (Phi) is 3.77. The minimum atomic E-state index is -0.521. The van der Waals surface area contributed by atoms with Gasteiger partial charge >= 0.3 is 11.8 Å². The first-order valence-electron chi connectivity index (χ1n) is 7.45. The fraction of sp³-hybridized carbons (Fsp3) is 0.118. The zero-order valence-electron chi connectivity index (χ0n) is 12.9. The van der Waals surface area contributed by atoms with Crippen molar-refractivity contribution < 1.29 is 23.1 Å². The maximum absolute atomic E-state index is 13.2. The SMILES string of the molecule is O=C(NCc1ccc2c(c1)OCO2)c1nnc(-c2cccc(F)c2)o1. The van der Waals surface area contributed by atoms with Gasteiger partial charge in [-0.2, -0.15) is 0 Å². The van der Waals surface area contributed by atoms with E-state index in [4.69, 9.17) is 13.9 Å². The highest BCUT2D eigenvalue weighted by Crippen LogP contribution is 2.32. The number of carbonyl (C=O) groups excluding carboxylic acids is 1. The third-order valence-corrected chi connectivity index (χ3v) is 3.58. The molecular weight excluding hydrogens is 329 g/mol. The molecule has 0 spiro atoms. The summed E-state index contributed by atoms with van der Waals surface area (Å²) in [4.78, 5) is 12.1. The molecule has 0 radical (unpaired) electrons. The van der Waals surface area contributed by atoms with Crippen molar-refractivity contribution in [2.24, 2.45) is 0 Å². The number of amides is 1. The van der Waals surface area contributed by atoms with Crippen LogP contribution in [0.1, 0.15) is 16.2 Å². The Labute approximate surface area is 141 Å². The van der Waals surface area contributed by atoms with E-state index in [0.717, 1.165) is 5.56 Å². The van der Waals surface area contributed by atoms with Crippen molar-refractivity contribution in [2.75, 3.05) is 6.79 Å². The Morgan fingerprint density at radius 3 is 2.88 bits per heavy atom. The molecule has 0 atom stereocenters. The van der Waals surface area contributed by atoms with E-state index >= 15 is 0 Å². The largest absolute Gasteiger partial charge is 0.454 e. The van der Waals surface area contributed by atoms with Gasteiger partial charge in [-0.15, -0.1) is 10.2 Å². The maximum Gasteiger partial charge on any atom is 0.309 e. The molecule has 1 aliphatic rings. The lowest BCUT2D eigenvalue weighted by Gasteiger charge is -2.04. The first-order valence-corrected chi connectivity index (χ1v) is 7.45. The lowest BCUT2D eigenvalue weighted by Crippen LogP contribution is -2.23. The second-order valence-electron chi connectivity index (χ2n) is 5.29. The number of carbonyl (C=O) groups is 1. The van der Waals surface area contributed by atoms with Gasteiger partial charge in [0.1, 0.15) is 5.82 Å². The van der Waals surface area contributed by atoms with Crippen molar-refractivity contribution >= 4 is 5.91 Å². The van der Waals surface area contributed by atoms with E-state index in [9.17, 15) is 9.18 Å². The number of halogens is 1. The summed E-state index contributed by atoms with van der Waals surface area (Å²) >= 11 is 0. The number of fused-ring (bicyclic) bond motifs is 1. The van der Waals surface area contributed by atoms with Crippen LogP contribution in [0.25, 0.3) is 11.5 Å². The van der Waals surface area contributed by atoms with E-state index in [1.54, 1.807) is 18.2 Å². The molecule has 0 bridgehead atoms. The summed E-state index contributed by atoms with van der Waals surface area (Å²) < 4.78 is 29.1. The average Bonchev–Trinajstić information content (AvgIpc) is 3.28. The van der Waals surface area contributed by atoms with Crippen molar-refractivity contribution in [1.82, 2.24) is 15.5 Å². The zero-order valence-corrected chi connectivity index (χ0v) is 12.9. The Balaban J connectivity index is 1.43. The van der Waals surface area contributed by atoms with Gasteiger partial charge in [0.15, 0.2) is 11.5 Å². The van der Waals surface area contributed by atoms with Crippen LogP contribution in [0, 0.1) is 5.82 Å². The Morgan fingerprint density at radius 1 is 1.12 bits per heavy atom. The van der Waals surface area contributed by atoms with Crippen LogP contribution in [0.15, 0.2) is 46.9 Å². The quantitative estimate of drug-likeness (QED) is 0.785. The highest BCUT2D eigenvalue weighted by atomic mass is 19.1. The summed E-state index contributed by atoms with van der Waals surface area (Å²) in [5, 5.41) is 10.1. The van der Waals surface area contributed by atoms with Gasteiger partial charge in [0, 0.05) is 12.1 Å². The van der Waals surface area contributed by atoms with Crippen LogP contribution in [0.5, 0.6) is 11.5 Å². The van der Waals surface area contributed by atoms with Crippen molar-refractivity contribution in [2.45, 2.75) is 6.54 Å². The molecule has 2 aromatic carbocycles. The van der Waals surface area contributed by atoms with Crippen LogP contribution >= 0.6 is 0 Å². The summed E-state index contributed by atoms with van der Waals surface area (Å²) in [5.74, 6) is 0.245. The van der Waals surface area contributed by atoms with E-state index in [-0.39, 0.29) is 25.1 Å². The number of aromatic nitrogens is 2. The monoisotopic (exact) mass is 341 g/mol. The molecule has 3 aromatic rings. The highest BCUT2D eigenvalue weighted by Gasteiger charge is 2.17. The van der Waals surface area contributed by atoms with E-state index in [1.807, 2.05) is 6.07 Å². The van der Waals surface area contributed by atoms with Crippen LogP contribution in [-0.2, 0) is 6.54 Å². The van der Waals surface area contributed by atoms with E-state index in [1.165, 1.54) is 18.2 Å². The molecule has 25 heavy (non-hydrogen) atoms. The van der Waals surface area contributed by atoms with Gasteiger partial charge in [0.2, 0.25) is 12.7 Å². The first kappa shape index (κ1) is 15.1. The number of rotatable bonds is 4. The number of hydrogen-bond donors (Lipinski definition) is 1. The molecular formula is C17H12FN3O4. The molecule has 8 heteroatoms. The molecule has 2 heterocycles. The predicted molar refractivity (Wildman–Crippen MR) is 83.4 cm³/mol. The van der Waals surface area contributed by atoms with Gasteiger partial charge < -0.3 is 19.2 Å². The third kappa shape index (κ3) is 3.14. The smallest absolute Gasteiger partial charge is 0.309 e. The minimum Gasteiger partial charge on any atom is -0.454 e. The molecule has 0 saturated heterocycles. The summed E-state index contributed by atoms with van der Waals surface area (Å²) in [6.45, 7) is 0.448. The first-order chi connectivity index (χ1) is 12.2.